The lowest BCUT2D eigenvalue weighted by molar-refractivity contribution is -0.166. The van der Waals surface area contributed by atoms with Crippen LogP contribution in [0.15, 0.2) is 60.8 Å². The van der Waals surface area contributed by atoms with Gasteiger partial charge in [-0.05, 0) is 83.5 Å². The molecule has 316 valence electrons. The molecule has 0 N–H and O–H groups in total. The van der Waals surface area contributed by atoms with E-state index in [1.807, 2.05) is 6.08 Å². The summed E-state index contributed by atoms with van der Waals surface area (Å²) in [6.45, 7) is 6.37. The van der Waals surface area contributed by atoms with Crippen LogP contribution in [0.4, 0.5) is 0 Å². The van der Waals surface area contributed by atoms with Crippen molar-refractivity contribution in [3.8, 4) is 0 Å². The largest absolute Gasteiger partial charge is 0.462 e. The summed E-state index contributed by atoms with van der Waals surface area (Å²) in [6, 6.07) is 0. The SMILES string of the molecule is CC/C=C\C/C=C\C/C=C\CC(=O)OCC(COC(=O)CCCCCCCCC/C=C\CCCCCC)OC(=O)CCCCC/C=C\CCCCCCCC. The first-order chi connectivity index (χ1) is 27.0. The molecular weight excluding hydrogens is 685 g/mol. The van der Waals surface area contributed by atoms with E-state index in [2.05, 4.69) is 69.4 Å². The van der Waals surface area contributed by atoms with Gasteiger partial charge in [-0.2, -0.15) is 0 Å². The fourth-order valence-corrected chi connectivity index (χ4v) is 6.08. The molecule has 0 aromatic rings. The standard InChI is InChI=1S/C49H84O6/c1-4-7-10-13-16-19-21-23-24-26-27-30-33-36-39-42-48(51)54-45-46(44-53-47(50)41-38-35-32-29-18-15-12-9-6-3)55-49(52)43-40-37-34-31-28-25-22-20-17-14-11-8-5-2/h9,12,18-19,21,25,28-29,35,38,46H,4-8,10-11,13-17,20,22-24,26-27,30-34,36-37,39-45H2,1-3H3/b12-9-,21-19-,28-25-,29-18-,38-35-. The van der Waals surface area contributed by atoms with Crippen molar-refractivity contribution in [2.24, 2.45) is 0 Å². The molecule has 0 aliphatic carbocycles. The Bertz CT molecular complexity index is 1020. The van der Waals surface area contributed by atoms with Crippen molar-refractivity contribution in [3.63, 3.8) is 0 Å². The van der Waals surface area contributed by atoms with Crippen molar-refractivity contribution in [1.82, 2.24) is 0 Å². The van der Waals surface area contributed by atoms with Gasteiger partial charge >= 0.3 is 17.9 Å². The van der Waals surface area contributed by atoms with E-state index in [0.717, 1.165) is 70.6 Å². The third kappa shape index (κ3) is 42.1. The maximum absolute atomic E-state index is 12.7. The highest BCUT2D eigenvalue weighted by Crippen LogP contribution is 2.13. The van der Waals surface area contributed by atoms with Crippen molar-refractivity contribution in [1.29, 1.82) is 0 Å². The highest BCUT2D eigenvalue weighted by atomic mass is 16.6. The predicted molar refractivity (Wildman–Crippen MR) is 233 cm³/mol. The number of allylic oxidation sites excluding steroid dienone is 9. The van der Waals surface area contributed by atoms with Crippen LogP contribution in [-0.2, 0) is 28.6 Å². The molecule has 0 aromatic heterocycles. The first-order valence-electron chi connectivity index (χ1n) is 22.8. The second-order valence-corrected chi connectivity index (χ2v) is 14.9. The third-order valence-corrected chi connectivity index (χ3v) is 9.51. The van der Waals surface area contributed by atoms with Gasteiger partial charge in [0.2, 0.25) is 0 Å². The zero-order chi connectivity index (χ0) is 40.1. The average Bonchev–Trinajstić information content (AvgIpc) is 3.18. The predicted octanol–water partition coefficient (Wildman–Crippen LogP) is 14.5. The van der Waals surface area contributed by atoms with E-state index in [1.165, 1.54) is 103 Å². The monoisotopic (exact) mass is 769 g/mol. The number of hydrogen-bond donors (Lipinski definition) is 0. The molecular formula is C49H84O6. The molecule has 6 heteroatoms. The lowest BCUT2D eigenvalue weighted by atomic mass is 10.1. The Hall–Kier alpha value is -2.89. The number of carbonyl (C=O) groups excluding carboxylic acids is 3. The second-order valence-electron chi connectivity index (χ2n) is 14.9. The second kappa shape index (κ2) is 43.8. The zero-order valence-electron chi connectivity index (χ0n) is 35.9. The van der Waals surface area contributed by atoms with Crippen LogP contribution in [0.1, 0.15) is 213 Å². The summed E-state index contributed by atoms with van der Waals surface area (Å²) < 4.78 is 16.6. The van der Waals surface area contributed by atoms with Crippen LogP contribution >= 0.6 is 0 Å². The lowest BCUT2D eigenvalue weighted by Crippen LogP contribution is -2.30. The van der Waals surface area contributed by atoms with Gasteiger partial charge in [0.15, 0.2) is 6.10 Å². The van der Waals surface area contributed by atoms with Gasteiger partial charge in [-0.1, -0.05) is 171 Å². The Balaban J connectivity index is 4.44. The quantitative estimate of drug-likeness (QED) is 0.0267. The number of unbranched alkanes of at least 4 members (excludes halogenated alkanes) is 20. The van der Waals surface area contributed by atoms with E-state index in [9.17, 15) is 14.4 Å². The minimum Gasteiger partial charge on any atom is -0.462 e. The van der Waals surface area contributed by atoms with Crippen LogP contribution in [0.25, 0.3) is 0 Å². The average molecular weight is 769 g/mol. The Labute approximate surface area is 339 Å². The molecule has 0 saturated heterocycles. The molecule has 0 fully saturated rings. The van der Waals surface area contributed by atoms with Crippen molar-refractivity contribution in [3.05, 3.63) is 60.8 Å². The van der Waals surface area contributed by atoms with Gasteiger partial charge in [0, 0.05) is 12.8 Å². The molecule has 0 rings (SSSR count). The summed E-state index contributed by atoms with van der Waals surface area (Å²) in [5.41, 5.74) is 0. The van der Waals surface area contributed by atoms with Crippen LogP contribution in [0.2, 0.25) is 0 Å². The molecule has 0 saturated carbocycles. The van der Waals surface area contributed by atoms with Crippen molar-refractivity contribution >= 4 is 17.9 Å². The lowest BCUT2D eigenvalue weighted by Gasteiger charge is -2.18. The molecule has 0 aliphatic rings. The van der Waals surface area contributed by atoms with Gasteiger partial charge in [0.25, 0.3) is 0 Å². The maximum Gasteiger partial charge on any atom is 0.309 e. The van der Waals surface area contributed by atoms with Gasteiger partial charge in [-0.3, -0.25) is 14.4 Å². The molecule has 1 unspecified atom stereocenters. The van der Waals surface area contributed by atoms with Gasteiger partial charge in [0.1, 0.15) is 13.2 Å². The van der Waals surface area contributed by atoms with Gasteiger partial charge in [-0.25, -0.2) is 0 Å². The molecule has 0 bridgehead atoms. The number of esters is 3. The normalized spacial score (nSPS) is 12.6. The van der Waals surface area contributed by atoms with Gasteiger partial charge in [0.05, 0.1) is 6.42 Å². The van der Waals surface area contributed by atoms with Crippen LogP contribution in [0.5, 0.6) is 0 Å². The maximum atomic E-state index is 12.7. The Morgan fingerprint density at radius 3 is 1.29 bits per heavy atom. The zero-order valence-corrected chi connectivity index (χ0v) is 35.9. The summed E-state index contributed by atoms with van der Waals surface area (Å²) in [5, 5.41) is 0. The highest BCUT2D eigenvalue weighted by Gasteiger charge is 2.19. The van der Waals surface area contributed by atoms with Crippen molar-refractivity contribution in [2.75, 3.05) is 13.2 Å². The number of carbonyl (C=O) groups is 3. The smallest absolute Gasteiger partial charge is 0.309 e. The first-order valence-corrected chi connectivity index (χ1v) is 22.8. The Kier molecular flexibility index (Phi) is 41.5. The van der Waals surface area contributed by atoms with Gasteiger partial charge < -0.3 is 14.2 Å². The molecule has 6 nitrogen and oxygen atoms in total. The summed E-state index contributed by atoms with van der Waals surface area (Å²) in [5.74, 6) is -1.06. The number of rotatable bonds is 40. The molecule has 55 heavy (non-hydrogen) atoms. The van der Waals surface area contributed by atoms with E-state index in [4.69, 9.17) is 14.2 Å². The van der Waals surface area contributed by atoms with Crippen LogP contribution in [0, 0.1) is 0 Å². The highest BCUT2D eigenvalue weighted by molar-refractivity contribution is 5.72. The minimum atomic E-state index is -0.815. The molecule has 0 spiro atoms. The first kappa shape index (κ1) is 52.1. The number of ether oxygens (including phenoxy) is 3. The van der Waals surface area contributed by atoms with Crippen LogP contribution < -0.4 is 0 Å². The minimum absolute atomic E-state index is 0.110. The molecule has 0 radical (unpaired) electrons. The molecule has 0 amide bonds. The fraction of sp³-hybridized carbons (Fsp3) is 0.735. The summed E-state index contributed by atoms with van der Waals surface area (Å²) in [4.78, 5) is 37.6. The van der Waals surface area contributed by atoms with E-state index >= 15 is 0 Å². The molecule has 0 aliphatic heterocycles. The van der Waals surface area contributed by atoms with Crippen LogP contribution in [-0.4, -0.2) is 37.2 Å². The van der Waals surface area contributed by atoms with E-state index in [1.54, 1.807) is 6.08 Å². The molecule has 0 aromatic carbocycles. The van der Waals surface area contributed by atoms with E-state index in [-0.39, 0.29) is 31.6 Å². The topological polar surface area (TPSA) is 78.9 Å². The van der Waals surface area contributed by atoms with Crippen molar-refractivity contribution in [2.45, 2.75) is 219 Å². The summed E-state index contributed by atoms with van der Waals surface area (Å²) in [7, 11) is 0. The summed E-state index contributed by atoms with van der Waals surface area (Å²) >= 11 is 0. The molecule has 0 heterocycles. The number of hydrogen-bond acceptors (Lipinski definition) is 6. The van der Waals surface area contributed by atoms with Gasteiger partial charge in [-0.15, -0.1) is 0 Å². The fourth-order valence-electron chi connectivity index (χ4n) is 6.08. The summed E-state index contributed by atoms with van der Waals surface area (Å²) in [6.07, 6.45) is 52.4. The Morgan fingerprint density at radius 1 is 0.400 bits per heavy atom. The van der Waals surface area contributed by atoms with E-state index < -0.39 is 12.1 Å². The van der Waals surface area contributed by atoms with Crippen molar-refractivity contribution < 1.29 is 28.6 Å². The van der Waals surface area contributed by atoms with Crippen LogP contribution in [0.3, 0.4) is 0 Å². The third-order valence-electron chi connectivity index (χ3n) is 9.51. The van der Waals surface area contributed by atoms with E-state index in [0.29, 0.717) is 12.8 Å². The molecule has 1 atom stereocenters. The Morgan fingerprint density at radius 2 is 0.782 bits per heavy atom.